The fourth-order valence-corrected chi connectivity index (χ4v) is 1.52. The van der Waals surface area contributed by atoms with Crippen LogP contribution in [0.1, 0.15) is 25.5 Å². The maximum absolute atomic E-state index is 12.8. The van der Waals surface area contributed by atoms with Crippen LogP contribution < -0.4 is 11.1 Å². The Morgan fingerprint density at radius 2 is 1.95 bits per heavy atom. The first-order valence-electron chi connectivity index (χ1n) is 5.87. The van der Waals surface area contributed by atoms with Gasteiger partial charge in [-0.05, 0) is 31.5 Å². The molecule has 0 amide bonds. The van der Waals surface area contributed by atoms with Crippen LogP contribution >= 0.6 is 24.0 Å². The molecule has 0 heterocycles. The van der Waals surface area contributed by atoms with Crippen LogP contribution in [0.2, 0.25) is 0 Å². The van der Waals surface area contributed by atoms with Crippen LogP contribution in [0.15, 0.2) is 29.3 Å². The van der Waals surface area contributed by atoms with Gasteiger partial charge in [0, 0.05) is 13.2 Å². The fourth-order valence-electron chi connectivity index (χ4n) is 1.52. The van der Waals surface area contributed by atoms with Crippen LogP contribution in [0.5, 0.6) is 0 Å². The Morgan fingerprint density at radius 3 is 2.42 bits per heavy atom. The van der Waals surface area contributed by atoms with E-state index >= 15 is 0 Å². The summed E-state index contributed by atoms with van der Waals surface area (Å²) in [6.07, 6.45) is -0.224. The number of methoxy groups -OCH3 is 1. The molecule has 0 aliphatic rings. The summed E-state index contributed by atoms with van der Waals surface area (Å²) in [6, 6.07) is 6.41. The minimum absolute atomic E-state index is 0. The van der Waals surface area contributed by atoms with E-state index in [0.717, 1.165) is 5.56 Å². The first kappa shape index (κ1) is 18.1. The van der Waals surface area contributed by atoms with Gasteiger partial charge in [0.2, 0.25) is 0 Å². The highest BCUT2D eigenvalue weighted by molar-refractivity contribution is 14.0. The van der Waals surface area contributed by atoms with E-state index in [0.29, 0.717) is 12.5 Å². The fraction of sp³-hybridized carbons (Fsp3) is 0.462. The van der Waals surface area contributed by atoms with Gasteiger partial charge in [0.25, 0.3) is 0 Å². The molecule has 1 unspecified atom stereocenters. The number of aliphatic imine (C=N–C) groups is 1. The number of halogens is 2. The normalized spacial score (nSPS) is 13.0. The predicted octanol–water partition coefficient (Wildman–Crippen LogP) is 2.44. The van der Waals surface area contributed by atoms with Crippen molar-refractivity contribution in [3.05, 3.63) is 35.6 Å². The van der Waals surface area contributed by atoms with E-state index in [1.54, 1.807) is 19.2 Å². The highest BCUT2D eigenvalue weighted by Gasteiger charge is 2.10. The van der Waals surface area contributed by atoms with E-state index in [1.165, 1.54) is 12.1 Å². The lowest BCUT2D eigenvalue weighted by Gasteiger charge is -2.14. The number of nitrogens with two attached hydrogens (primary N) is 1. The Bertz CT molecular complexity index is 395. The van der Waals surface area contributed by atoms with E-state index in [9.17, 15) is 4.39 Å². The molecule has 0 saturated carbocycles. The Balaban J connectivity index is 0.00000324. The molecule has 0 fully saturated rings. The molecule has 0 bridgehead atoms. The Hall–Kier alpha value is -0.890. The molecule has 108 valence electrons. The molecule has 0 aliphatic carbocycles. The third-order valence-electron chi connectivity index (χ3n) is 2.39. The topological polar surface area (TPSA) is 59.6 Å². The minimum Gasteiger partial charge on any atom is -0.375 e. The quantitative estimate of drug-likeness (QED) is 0.468. The summed E-state index contributed by atoms with van der Waals surface area (Å²) in [4.78, 5) is 4.20. The molecule has 1 atom stereocenters. The number of nitrogens with one attached hydrogen (secondary N) is 1. The standard InChI is InChI=1S/C13H20FN3O.HI/c1-9(2)17-13(15)16-8-12(18-3)10-4-6-11(14)7-5-10;/h4-7,9,12H,8H2,1-3H3,(H3,15,16,17);1H. The van der Waals surface area contributed by atoms with E-state index in [4.69, 9.17) is 10.5 Å². The molecule has 0 saturated heterocycles. The van der Waals surface area contributed by atoms with Crippen LogP contribution in [0.4, 0.5) is 4.39 Å². The van der Waals surface area contributed by atoms with Gasteiger partial charge in [0.15, 0.2) is 5.96 Å². The molecule has 3 N–H and O–H groups in total. The molecule has 0 aliphatic heterocycles. The van der Waals surface area contributed by atoms with Crippen LogP contribution in [0, 0.1) is 5.82 Å². The van der Waals surface area contributed by atoms with E-state index < -0.39 is 0 Å². The molecule has 6 heteroatoms. The van der Waals surface area contributed by atoms with Crippen molar-refractivity contribution in [2.45, 2.75) is 26.0 Å². The Morgan fingerprint density at radius 1 is 1.37 bits per heavy atom. The number of nitrogens with zero attached hydrogens (tertiary/aromatic N) is 1. The van der Waals surface area contributed by atoms with Crippen molar-refractivity contribution in [3.8, 4) is 0 Å². The third kappa shape index (κ3) is 6.72. The summed E-state index contributed by atoms with van der Waals surface area (Å²) < 4.78 is 18.1. The monoisotopic (exact) mass is 381 g/mol. The molecule has 0 spiro atoms. The molecule has 0 radical (unpaired) electrons. The molecule has 19 heavy (non-hydrogen) atoms. The van der Waals surface area contributed by atoms with Gasteiger partial charge in [-0.2, -0.15) is 0 Å². The van der Waals surface area contributed by atoms with Crippen LogP contribution in [-0.4, -0.2) is 25.7 Å². The molecular weight excluding hydrogens is 360 g/mol. The summed E-state index contributed by atoms with van der Waals surface area (Å²) in [5.74, 6) is 0.118. The second kappa shape index (κ2) is 9.08. The first-order valence-corrected chi connectivity index (χ1v) is 5.87. The van der Waals surface area contributed by atoms with Crippen molar-refractivity contribution in [2.75, 3.05) is 13.7 Å². The van der Waals surface area contributed by atoms with E-state index in [2.05, 4.69) is 10.3 Å². The van der Waals surface area contributed by atoms with Crippen molar-refractivity contribution in [1.29, 1.82) is 0 Å². The second-order valence-electron chi connectivity index (χ2n) is 4.30. The Labute approximate surface area is 130 Å². The van der Waals surface area contributed by atoms with Gasteiger partial charge in [-0.3, -0.25) is 4.99 Å². The zero-order valence-corrected chi connectivity index (χ0v) is 13.7. The van der Waals surface area contributed by atoms with Crippen molar-refractivity contribution in [1.82, 2.24) is 5.32 Å². The third-order valence-corrected chi connectivity index (χ3v) is 2.39. The van der Waals surface area contributed by atoms with Crippen molar-refractivity contribution < 1.29 is 9.13 Å². The number of rotatable bonds is 5. The van der Waals surface area contributed by atoms with Gasteiger partial charge >= 0.3 is 0 Å². The SMILES string of the molecule is COC(CN=C(N)NC(C)C)c1ccc(F)cc1.I. The first-order chi connectivity index (χ1) is 8.52. The second-order valence-corrected chi connectivity index (χ2v) is 4.30. The lowest BCUT2D eigenvalue weighted by atomic mass is 10.1. The average Bonchev–Trinajstić information content (AvgIpc) is 2.31. The summed E-state index contributed by atoms with van der Waals surface area (Å²) in [5, 5.41) is 2.99. The van der Waals surface area contributed by atoms with Gasteiger partial charge < -0.3 is 15.8 Å². The number of benzene rings is 1. The highest BCUT2D eigenvalue weighted by atomic mass is 127. The largest absolute Gasteiger partial charge is 0.375 e. The summed E-state index contributed by atoms with van der Waals surface area (Å²) in [5.41, 5.74) is 6.58. The predicted molar refractivity (Wildman–Crippen MR) is 86.3 cm³/mol. The molecule has 1 rings (SSSR count). The smallest absolute Gasteiger partial charge is 0.188 e. The van der Waals surface area contributed by atoms with Crippen molar-refractivity contribution in [3.63, 3.8) is 0 Å². The molecule has 4 nitrogen and oxygen atoms in total. The lowest BCUT2D eigenvalue weighted by molar-refractivity contribution is 0.111. The van der Waals surface area contributed by atoms with Crippen LogP contribution in [-0.2, 0) is 4.74 Å². The number of ether oxygens (including phenoxy) is 1. The zero-order valence-electron chi connectivity index (χ0n) is 11.4. The summed E-state index contributed by atoms with van der Waals surface area (Å²) in [7, 11) is 1.59. The lowest BCUT2D eigenvalue weighted by Crippen LogP contribution is -2.37. The number of guanidine groups is 1. The van der Waals surface area contributed by atoms with E-state index in [1.807, 2.05) is 13.8 Å². The van der Waals surface area contributed by atoms with Gasteiger partial charge in [0.05, 0.1) is 6.54 Å². The molecule has 0 aromatic heterocycles. The maximum Gasteiger partial charge on any atom is 0.188 e. The minimum atomic E-state index is -0.266. The van der Waals surface area contributed by atoms with Crippen molar-refractivity contribution in [2.24, 2.45) is 10.7 Å². The zero-order chi connectivity index (χ0) is 13.5. The molecule has 1 aromatic carbocycles. The van der Waals surface area contributed by atoms with Crippen LogP contribution in [0.3, 0.4) is 0 Å². The maximum atomic E-state index is 12.8. The average molecular weight is 381 g/mol. The van der Waals surface area contributed by atoms with Gasteiger partial charge in [-0.1, -0.05) is 12.1 Å². The molecular formula is C13H21FIN3O. The molecule has 1 aromatic rings. The van der Waals surface area contributed by atoms with Crippen LogP contribution in [0.25, 0.3) is 0 Å². The van der Waals surface area contributed by atoms with Gasteiger partial charge in [0.1, 0.15) is 11.9 Å². The van der Waals surface area contributed by atoms with Gasteiger partial charge in [-0.25, -0.2) is 4.39 Å². The van der Waals surface area contributed by atoms with Gasteiger partial charge in [-0.15, -0.1) is 24.0 Å². The highest BCUT2D eigenvalue weighted by Crippen LogP contribution is 2.17. The van der Waals surface area contributed by atoms with Crippen molar-refractivity contribution >= 4 is 29.9 Å². The number of hydrogen-bond donors (Lipinski definition) is 2. The summed E-state index contributed by atoms with van der Waals surface area (Å²) >= 11 is 0. The van der Waals surface area contributed by atoms with E-state index in [-0.39, 0.29) is 41.9 Å². The summed E-state index contributed by atoms with van der Waals surface area (Å²) in [6.45, 7) is 4.36. The Kier molecular flexibility index (Phi) is 8.66. The number of hydrogen-bond acceptors (Lipinski definition) is 2.